The molecular weight excluding hydrogens is 444 g/mol. The highest BCUT2D eigenvalue weighted by Crippen LogP contribution is 2.28. The summed E-state index contributed by atoms with van der Waals surface area (Å²) in [5.74, 6) is 3.02. The Morgan fingerprint density at radius 3 is 2.20 bits per heavy atom. The maximum Gasteiger partial charge on any atom is 0.242 e. The van der Waals surface area contributed by atoms with Gasteiger partial charge in [-0.1, -0.05) is 40.7 Å². The molecular formula is C28H42N2O5. The first-order chi connectivity index (χ1) is 16.4. The highest BCUT2D eigenvalue weighted by molar-refractivity contribution is 5.85. The number of nitrogens with zero attached hydrogens (tertiary/aromatic N) is 2. The minimum absolute atomic E-state index is 0.00762. The molecule has 7 heteroatoms. The number of carbonyl (C=O) groups excluding carboxylic acids is 2. The number of carbonyl (C=O) groups is 2. The first kappa shape index (κ1) is 28.3. The summed E-state index contributed by atoms with van der Waals surface area (Å²) in [6.45, 7) is 13.5. The van der Waals surface area contributed by atoms with Crippen molar-refractivity contribution in [3.8, 4) is 11.5 Å². The molecule has 1 heterocycles. The number of methoxy groups -OCH3 is 2. The molecule has 2 rings (SSSR count). The van der Waals surface area contributed by atoms with Crippen molar-refractivity contribution in [2.45, 2.75) is 60.9 Å². The van der Waals surface area contributed by atoms with Gasteiger partial charge in [0.05, 0.1) is 27.3 Å². The Labute approximate surface area is 210 Å². The van der Waals surface area contributed by atoms with Crippen LogP contribution in [0.2, 0.25) is 0 Å². The molecule has 35 heavy (non-hydrogen) atoms. The first-order valence-electron chi connectivity index (χ1n) is 12.2. The number of rotatable bonds is 12. The van der Waals surface area contributed by atoms with Crippen LogP contribution in [0, 0.1) is 18.3 Å². The maximum atomic E-state index is 13.5. The van der Waals surface area contributed by atoms with Crippen molar-refractivity contribution >= 4 is 11.8 Å². The minimum Gasteiger partial charge on any atom is -0.493 e. The van der Waals surface area contributed by atoms with E-state index in [1.807, 2.05) is 58.0 Å². The van der Waals surface area contributed by atoms with Gasteiger partial charge in [-0.25, -0.2) is 0 Å². The third kappa shape index (κ3) is 9.30. The average molecular weight is 487 g/mol. The van der Waals surface area contributed by atoms with E-state index in [-0.39, 0.29) is 29.7 Å². The zero-order valence-electron chi connectivity index (χ0n) is 22.6. The van der Waals surface area contributed by atoms with E-state index >= 15 is 0 Å². The van der Waals surface area contributed by atoms with Crippen molar-refractivity contribution in [2.75, 3.05) is 33.9 Å². The van der Waals surface area contributed by atoms with Crippen LogP contribution in [0.5, 0.6) is 11.5 Å². The van der Waals surface area contributed by atoms with Gasteiger partial charge in [-0.3, -0.25) is 9.59 Å². The van der Waals surface area contributed by atoms with Crippen molar-refractivity contribution in [1.29, 1.82) is 0 Å². The Hall–Kier alpha value is -2.96. The fourth-order valence-electron chi connectivity index (χ4n) is 3.87. The largest absolute Gasteiger partial charge is 0.493 e. The van der Waals surface area contributed by atoms with Crippen molar-refractivity contribution in [3.63, 3.8) is 0 Å². The SMILES string of the molecule is COc1ccc(CCN(Cc2ccc(C)o2)C(=O)CN(CC(C)C)C(=O)CC(C)(C)C)cc1OC. The molecule has 0 atom stereocenters. The van der Waals surface area contributed by atoms with Crippen LogP contribution in [0.4, 0.5) is 0 Å². The van der Waals surface area contributed by atoms with Gasteiger partial charge in [-0.2, -0.15) is 0 Å². The molecule has 0 aliphatic rings. The third-order valence-electron chi connectivity index (χ3n) is 5.56. The molecule has 0 bridgehead atoms. The van der Waals surface area contributed by atoms with E-state index in [1.54, 1.807) is 24.0 Å². The molecule has 0 fully saturated rings. The summed E-state index contributed by atoms with van der Waals surface area (Å²) < 4.78 is 16.5. The number of aryl methyl sites for hydroxylation is 1. The summed E-state index contributed by atoms with van der Waals surface area (Å²) in [5, 5.41) is 0. The highest BCUT2D eigenvalue weighted by atomic mass is 16.5. The lowest BCUT2D eigenvalue weighted by atomic mass is 9.91. The fourth-order valence-corrected chi connectivity index (χ4v) is 3.87. The molecule has 0 spiro atoms. The monoisotopic (exact) mass is 486 g/mol. The maximum absolute atomic E-state index is 13.5. The Morgan fingerprint density at radius 1 is 0.971 bits per heavy atom. The smallest absolute Gasteiger partial charge is 0.242 e. The summed E-state index contributed by atoms with van der Waals surface area (Å²) in [6, 6.07) is 9.55. The molecule has 1 aromatic carbocycles. The molecule has 0 radical (unpaired) electrons. The van der Waals surface area contributed by atoms with E-state index < -0.39 is 0 Å². The number of ether oxygens (including phenoxy) is 2. The Kier molecular flexibility index (Phi) is 10.2. The van der Waals surface area contributed by atoms with Crippen LogP contribution in [-0.2, 0) is 22.6 Å². The summed E-state index contributed by atoms with van der Waals surface area (Å²) in [4.78, 5) is 30.0. The lowest BCUT2D eigenvalue weighted by Crippen LogP contribution is -2.45. The van der Waals surface area contributed by atoms with Gasteiger partial charge in [-0.05, 0) is 54.5 Å². The molecule has 2 amide bonds. The number of benzene rings is 1. The molecule has 0 unspecified atom stereocenters. The van der Waals surface area contributed by atoms with E-state index in [1.165, 1.54) is 0 Å². The van der Waals surface area contributed by atoms with Gasteiger partial charge < -0.3 is 23.7 Å². The van der Waals surface area contributed by atoms with Gasteiger partial charge >= 0.3 is 0 Å². The van der Waals surface area contributed by atoms with E-state index in [4.69, 9.17) is 13.9 Å². The zero-order valence-corrected chi connectivity index (χ0v) is 22.6. The topological polar surface area (TPSA) is 72.2 Å². The highest BCUT2D eigenvalue weighted by Gasteiger charge is 2.26. The quantitative estimate of drug-likeness (QED) is 0.417. The molecule has 0 saturated carbocycles. The summed E-state index contributed by atoms with van der Waals surface area (Å²) in [7, 11) is 3.21. The van der Waals surface area contributed by atoms with Crippen molar-refractivity contribution in [2.24, 2.45) is 11.3 Å². The molecule has 2 aromatic rings. The van der Waals surface area contributed by atoms with Crippen LogP contribution in [0.15, 0.2) is 34.7 Å². The summed E-state index contributed by atoms with van der Waals surface area (Å²) in [6.07, 6.45) is 1.03. The van der Waals surface area contributed by atoms with Crippen LogP contribution in [-0.4, -0.2) is 55.5 Å². The zero-order chi connectivity index (χ0) is 26.2. The molecule has 0 saturated heterocycles. The number of amides is 2. The Balaban J connectivity index is 2.21. The normalized spacial score (nSPS) is 11.5. The number of hydrogen-bond acceptors (Lipinski definition) is 5. The predicted molar refractivity (Wildman–Crippen MR) is 138 cm³/mol. The average Bonchev–Trinajstić information content (AvgIpc) is 3.18. The second-order valence-electron chi connectivity index (χ2n) is 10.7. The van der Waals surface area contributed by atoms with Gasteiger partial charge in [0.2, 0.25) is 11.8 Å². The van der Waals surface area contributed by atoms with Crippen LogP contribution in [0.3, 0.4) is 0 Å². The lowest BCUT2D eigenvalue weighted by molar-refractivity contribution is -0.142. The number of furan rings is 1. The van der Waals surface area contributed by atoms with Crippen LogP contribution >= 0.6 is 0 Å². The molecule has 7 nitrogen and oxygen atoms in total. The molecule has 1 aromatic heterocycles. The van der Waals surface area contributed by atoms with Gasteiger partial charge in [0.15, 0.2) is 11.5 Å². The van der Waals surface area contributed by atoms with E-state index in [9.17, 15) is 9.59 Å². The second-order valence-corrected chi connectivity index (χ2v) is 10.7. The molecule has 0 aliphatic carbocycles. The Morgan fingerprint density at radius 2 is 1.66 bits per heavy atom. The lowest BCUT2D eigenvalue weighted by Gasteiger charge is -2.30. The van der Waals surface area contributed by atoms with Crippen molar-refractivity contribution < 1.29 is 23.5 Å². The van der Waals surface area contributed by atoms with Crippen molar-refractivity contribution in [1.82, 2.24) is 9.80 Å². The van der Waals surface area contributed by atoms with Crippen LogP contribution in [0.25, 0.3) is 0 Å². The Bertz CT molecular complexity index is 974. The fraction of sp³-hybridized carbons (Fsp3) is 0.571. The molecule has 0 N–H and O–H groups in total. The predicted octanol–water partition coefficient (Wildman–Crippen LogP) is 5.10. The third-order valence-corrected chi connectivity index (χ3v) is 5.56. The summed E-state index contributed by atoms with van der Waals surface area (Å²) in [5.41, 5.74) is 0.882. The van der Waals surface area contributed by atoms with E-state index in [0.717, 1.165) is 17.1 Å². The summed E-state index contributed by atoms with van der Waals surface area (Å²) >= 11 is 0. The van der Waals surface area contributed by atoms with Gasteiger partial charge in [-0.15, -0.1) is 0 Å². The minimum atomic E-state index is -0.145. The molecule has 0 aliphatic heterocycles. The van der Waals surface area contributed by atoms with E-state index in [0.29, 0.717) is 44.0 Å². The van der Waals surface area contributed by atoms with Crippen LogP contribution < -0.4 is 9.47 Å². The van der Waals surface area contributed by atoms with Crippen molar-refractivity contribution in [3.05, 3.63) is 47.4 Å². The van der Waals surface area contributed by atoms with Gasteiger partial charge in [0.25, 0.3) is 0 Å². The first-order valence-corrected chi connectivity index (χ1v) is 12.2. The number of hydrogen-bond donors (Lipinski definition) is 0. The standard InChI is InChI=1S/C28H42N2O5/c1-20(2)17-30(26(31)16-28(4,5)6)19-27(32)29(18-23-11-9-21(3)35-23)14-13-22-10-12-24(33-7)25(15-22)34-8/h9-12,15,20H,13-14,16-19H2,1-8H3. The van der Waals surface area contributed by atoms with Gasteiger partial charge in [0, 0.05) is 19.5 Å². The van der Waals surface area contributed by atoms with Crippen LogP contribution in [0.1, 0.15) is 58.1 Å². The van der Waals surface area contributed by atoms with Gasteiger partial charge in [0.1, 0.15) is 11.5 Å². The van der Waals surface area contributed by atoms with E-state index in [2.05, 4.69) is 13.8 Å². The second kappa shape index (κ2) is 12.7. The molecule has 194 valence electrons.